The maximum Gasteiger partial charge on any atom is 0.248 e. The Hall–Kier alpha value is -2.29. The number of hydrogen-bond acceptors (Lipinski definition) is 2. The van der Waals surface area contributed by atoms with Gasteiger partial charge in [-0.2, -0.15) is 0 Å². The number of methoxy groups -OCH3 is 1. The van der Waals surface area contributed by atoms with Gasteiger partial charge < -0.3 is 10.5 Å². The summed E-state index contributed by atoms with van der Waals surface area (Å²) in [5.41, 5.74) is 8.29. The van der Waals surface area contributed by atoms with Gasteiger partial charge in [-0.05, 0) is 48.6 Å². The number of hydrogen-bond donors (Lipinski definition) is 1. The second-order valence-corrected chi connectivity index (χ2v) is 4.72. The van der Waals surface area contributed by atoms with E-state index >= 15 is 0 Å². The van der Waals surface area contributed by atoms with E-state index in [0.717, 1.165) is 30.6 Å². The fraction of sp³-hybridized carbons (Fsp3) is 0.235. The lowest BCUT2D eigenvalue weighted by molar-refractivity contribution is 0.0999. The predicted molar refractivity (Wildman–Crippen MR) is 80.0 cm³/mol. The van der Waals surface area contributed by atoms with Crippen LogP contribution in [0.5, 0.6) is 5.75 Å². The van der Waals surface area contributed by atoms with E-state index in [4.69, 9.17) is 10.5 Å². The lowest BCUT2D eigenvalue weighted by Crippen LogP contribution is -2.13. The average Bonchev–Trinajstić information content (AvgIpc) is 2.48. The van der Waals surface area contributed by atoms with Crippen LogP contribution in [-0.4, -0.2) is 13.0 Å². The number of benzene rings is 2. The summed E-state index contributed by atoms with van der Waals surface area (Å²) in [5, 5.41) is 0. The van der Waals surface area contributed by atoms with Gasteiger partial charge in [0.15, 0.2) is 0 Å². The van der Waals surface area contributed by atoms with Crippen LogP contribution in [0, 0.1) is 0 Å². The molecule has 0 radical (unpaired) electrons. The Morgan fingerprint density at radius 2 is 1.75 bits per heavy atom. The number of carbonyl (C=O) groups is 1. The number of primary amides is 1. The van der Waals surface area contributed by atoms with Crippen molar-refractivity contribution in [3.8, 4) is 5.75 Å². The lowest BCUT2D eigenvalue weighted by Gasteiger charge is -2.07. The minimum atomic E-state index is -0.356. The molecule has 3 nitrogen and oxygen atoms in total. The van der Waals surface area contributed by atoms with Crippen LogP contribution in [0.3, 0.4) is 0 Å². The van der Waals surface area contributed by atoms with E-state index in [1.165, 1.54) is 5.56 Å². The summed E-state index contributed by atoms with van der Waals surface area (Å²) in [6.07, 6.45) is 2.80. The molecule has 20 heavy (non-hydrogen) atoms. The number of rotatable bonds is 6. The fourth-order valence-corrected chi connectivity index (χ4v) is 2.25. The summed E-state index contributed by atoms with van der Waals surface area (Å²) in [4.78, 5) is 11.3. The van der Waals surface area contributed by atoms with Crippen molar-refractivity contribution in [2.75, 3.05) is 7.11 Å². The summed E-state index contributed by atoms with van der Waals surface area (Å²) >= 11 is 0. The third kappa shape index (κ3) is 3.60. The molecule has 0 unspecified atom stereocenters. The van der Waals surface area contributed by atoms with Gasteiger partial charge in [-0.3, -0.25) is 4.79 Å². The zero-order valence-electron chi connectivity index (χ0n) is 11.6. The standard InChI is InChI=1S/C17H19NO2/c1-20-15-11-9-13(10-12-15)5-4-7-14-6-2-3-8-16(14)17(18)19/h2-3,6,8-12H,4-5,7H2,1H3,(H2,18,19). The summed E-state index contributed by atoms with van der Waals surface area (Å²) in [7, 11) is 1.66. The molecule has 2 aromatic rings. The Morgan fingerprint density at radius 3 is 2.40 bits per heavy atom. The Kier molecular flexibility index (Phi) is 4.77. The summed E-state index contributed by atoms with van der Waals surface area (Å²) in [6, 6.07) is 15.6. The summed E-state index contributed by atoms with van der Waals surface area (Å²) < 4.78 is 5.13. The molecule has 0 aromatic heterocycles. The van der Waals surface area contributed by atoms with Gasteiger partial charge in [-0.25, -0.2) is 0 Å². The smallest absolute Gasteiger partial charge is 0.248 e. The van der Waals surface area contributed by atoms with Crippen LogP contribution < -0.4 is 10.5 Å². The first-order chi connectivity index (χ1) is 9.70. The normalized spacial score (nSPS) is 10.2. The fourth-order valence-electron chi connectivity index (χ4n) is 2.25. The quantitative estimate of drug-likeness (QED) is 0.876. The molecule has 0 aliphatic rings. The molecule has 2 aromatic carbocycles. The highest BCUT2D eigenvalue weighted by Gasteiger charge is 2.06. The molecule has 0 saturated carbocycles. The van der Waals surface area contributed by atoms with Gasteiger partial charge in [-0.1, -0.05) is 30.3 Å². The summed E-state index contributed by atoms with van der Waals surface area (Å²) in [6.45, 7) is 0. The van der Waals surface area contributed by atoms with Gasteiger partial charge in [-0.15, -0.1) is 0 Å². The molecule has 0 saturated heterocycles. The van der Waals surface area contributed by atoms with Gasteiger partial charge in [0.2, 0.25) is 5.91 Å². The molecule has 0 bridgehead atoms. The SMILES string of the molecule is COc1ccc(CCCc2ccccc2C(N)=O)cc1. The maximum absolute atomic E-state index is 11.3. The van der Waals surface area contributed by atoms with Crippen LogP contribution >= 0.6 is 0 Å². The van der Waals surface area contributed by atoms with Gasteiger partial charge in [0, 0.05) is 5.56 Å². The van der Waals surface area contributed by atoms with Crippen molar-refractivity contribution in [1.82, 2.24) is 0 Å². The van der Waals surface area contributed by atoms with Crippen LogP contribution in [0.2, 0.25) is 0 Å². The van der Waals surface area contributed by atoms with Crippen LogP contribution in [0.15, 0.2) is 48.5 Å². The van der Waals surface area contributed by atoms with E-state index in [9.17, 15) is 4.79 Å². The first-order valence-electron chi connectivity index (χ1n) is 6.71. The molecule has 0 spiro atoms. The van der Waals surface area contributed by atoms with Crippen LogP contribution in [0.4, 0.5) is 0 Å². The average molecular weight is 269 g/mol. The first-order valence-corrected chi connectivity index (χ1v) is 6.71. The lowest BCUT2D eigenvalue weighted by atomic mass is 9.99. The Bertz CT molecular complexity index is 576. The monoisotopic (exact) mass is 269 g/mol. The molecule has 2 rings (SSSR count). The van der Waals surface area contributed by atoms with E-state index in [-0.39, 0.29) is 5.91 Å². The number of amides is 1. The second-order valence-electron chi connectivity index (χ2n) is 4.72. The van der Waals surface area contributed by atoms with Crippen molar-refractivity contribution < 1.29 is 9.53 Å². The highest BCUT2D eigenvalue weighted by atomic mass is 16.5. The molecule has 0 fully saturated rings. The van der Waals surface area contributed by atoms with E-state index in [0.29, 0.717) is 5.56 Å². The number of aryl methyl sites for hydroxylation is 2. The van der Waals surface area contributed by atoms with Crippen LogP contribution in [-0.2, 0) is 12.8 Å². The first kappa shape index (κ1) is 14.1. The van der Waals surface area contributed by atoms with E-state index in [2.05, 4.69) is 12.1 Å². The predicted octanol–water partition coefficient (Wildman–Crippen LogP) is 2.97. The topological polar surface area (TPSA) is 52.3 Å². The Morgan fingerprint density at radius 1 is 1.05 bits per heavy atom. The molecule has 0 aliphatic heterocycles. The third-order valence-corrected chi connectivity index (χ3v) is 3.35. The van der Waals surface area contributed by atoms with Crippen molar-refractivity contribution >= 4 is 5.91 Å². The zero-order valence-corrected chi connectivity index (χ0v) is 11.6. The van der Waals surface area contributed by atoms with Gasteiger partial charge >= 0.3 is 0 Å². The number of nitrogens with two attached hydrogens (primary N) is 1. The van der Waals surface area contributed by atoms with Crippen LogP contribution in [0.25, 0.3) is 0 Å². The third-order valence-electron chi connectivity index (χ3n) is 3.35. The van der Waals surface area contributed by atoms with Gasteiger partial charge in [0.25, 0.3) is 0 Å². The van der Waals surface area contributed by atoms with Crippen molar-refractivity contribution in [3.63, 3.8) is 0 Å². The number of ether oxygens (including phenoxy) is 1. The minimum Gasteiger partial charge on any atom is -0.497 e. The maximum atomic E-state index is 11.3. The summed E-state index contributed by atoms with van der Waals surface area (Å²) in [5.74, 6) is 0.512. The molecule has 0 atom stereocenters. The molecule has 0 aliphatic carbocycles. The Balaban J connectivity index is 1.94. The largest absolute Gasteiger partial charge is 0.497 e. The van der Waals surface area contributed by atoms with Gasteiger partial charge in [0.1, 0.15) is 5.75 Å². The molecular formula is C17H19NO2. The second kappa shape index (κ2) is 6.75. The van der Waals surface area contributed by atoms with E-state index < -0.39 is 0 Å². The van der Waals surface area contributed by atoms with Crippen molar-refractivity contribution in [2.24, 2.45) is 5.73 Å². The van der Waals surface area contributed by atoms with Crippen molar-refractivity contribution in [3.05, 3.63) is 65.2 Å². The van der Waals surface area contributed by atoms with E-state index in [1.807, 2.05) is 30.3 Å². The zero-order chi connectivity index (χ0) is 14.4. The highest BCUT2D eigenvalue weighted by Crippen LogP contribution is 2.15. The van der Waals surface area contributed by atoms with Crippen molar-refractivity contribution in [2.45, 2.75) is 19.3 Å². The number of carbonyl (C=O) groups excluding carboxylic acids is 1. The molecule has 1 amide bonds. The molecule has 2 N–H and O–H groups in total. The molecule has 104 valence electrons. The minimum absolute atomic E-state index is 0.356. The molecule has 0 heterocycles. The van der Waals surface area contributed by atoms with Crippen molar-refractivity contribution in [1.29, 1.82) is 0 Å². The van der Waals surface area contributed by atoms with Gasteiger partial charge in [0.05, 0.1) is 7.11 Å². The molecular weight excluding hydrogens is 250 g/mol. The van der Waals surface area contributed by atoms with Crippen LogP contribution in [0.1, 0.15) is 27.9 Å². The highest BCUT2D eigenvalue weighted by molar-refractivity contribution is 5.94. The Labute approximate surface area is 119 Å². The van der Waals surface area contributed by atoms with E-state index in [1.54, 1.807) is 13.2 Å². The molecule has 3 heteroatoms.